The summed E-state index contributed by atoms with van der Waals surface area (Å²) < 4.78 is 5.80. The minimum atomic E-state index is -0.756. The van der Waals surface area contributed by atoms with Gasteiger partial charge in [0.15, 0.2) is 0 Å². The van der Waals surface area contributed by atoms with Crippen LogP contribution in [0.4, 0.5) is 0 Å². The number of hydrogen-bond donors (Lipinski definition) is 1. The van der Waals surface area contributed by atoms with Crippen LogP contribution >= 0.6 is 11.6 Å². The molecule has 1 aliphatic heterocycles. The molecule has 1 heterocycles. The molecule has 0 spiro atoms. The number of hydrogen-bond acceptors (Lipinski definition) is 4. The van der Waals surface area contributed by atoms with Crippen molar-refractivity contribution < 1.29 is 24.3 Å². The number of nitrogens with zero attached hydrogens (tertiary/aromatic N) is 1. The number of quaternary nitrogens is 1. The second-order valence-electron chi connectivity index (χ2n) is 8.78. The Morgan fingerprint density at radius 2 is 1.63 bits per heavy atom. The second kappa shape index (κ2) is 10.8. The minimum absolute atomic E-state index is 0.0379. The fourth-order valence-corrected chi connectivity index (χ4v) is 4.16. The lowest BCUT2D eigenvalue weighted by Crippen LogP contribution is -3.06. The molecule has 6 nitrogen and oxygen atoms in total. The summed E-state index contributed by atoms with van der Waals surface area (Å²) >= 11 is 6.05. The average Bonchev–Trinajstić information content (AvgIpc) is 3.12. The highest BCUT2D eigenvalue weighted by molar-refractivity contribution is 6.46. The number of ketones is 1. The molecule has 3 aromatic carbocycles. The van der Waals surface area contributed by atoms with E-state index < -0.39 is 23.5 Å². The highest BCUT2D eigenvalue weighted by Gasteiger charge is 2.44. The van der Waals surface area contributed by atoms with Crippen LogP contribution < -0.4 is 14.7 Å². The molecule has 180 valence electrons. The first-order valence-corrected chi connectivity index (χ1v) is 11.8. The van der Waals surface area contributed by atoms with Crippen molar-refractivity contribution in [2.75, 3.05) is 27.2 Å². The van der Waals surface area contributed by atoms with Crippen LogP contribution in [0.1, 0.15) is 22.7 Å². The number of Topliss-reactive ketones (excluding diaryl/α,β-unsaturated/α-hetero) is 1. The van der Waals surface area contributed by atoms with Crippen LogP contribution in [-0.4, -0.2) is 43.8 Å². The summed E-state index contributed by atoms with van der Waals surface area (Å²) in [5.74, 6) is -1.27. The minimum Gasteiger partial charge on any atom is -0.872 e. The van der Waals surface area contributed by atoms with Gasteiger partial charge in [0.2, 0.25) is 5.78 Å². The second-order valence-corrected chi connectivity index (χ2v) is 9.22. The van der Waals surface area contributed by atoms with E-state index in [1.54, 1.807) is 48.5 Å². The van der Waals surface area contributed by atoms with Gasteiger partial charge >= 0.3 is 0 Å². The van der Waals surface area contributed by atoms with Crippen molar-refractivity contribution in [3.05, 3.63) is 106 Å². The lowest BCUT2D eigenvalue weighted by molar-refractivity contribution is -0.857. The third kappa shape index (κ3) is 5.56. The summed E-state index contributed by atoms with van der Waals surface area (Å²) in [6.07, 6.45) is 0. The Kier molecular flexibility index (Phi) is 7.54. The highest BCUT2D eigenvalue weighted by atomic mass is 35.5. The molecule has 4 rings (SSSR count). The van der Waals surface area contributed by atoms with Crippen molar-refractivity contribution in [3.63, 3.8) is 0 Å². The normalized spacial score (nSPS) is 17.3. The number of likely N-dealkylation sites (tertiary alicyclic amines) is 1. The van der Waals surface area contributed by atoms with Crippen LogP contribution in [0, 0.1) is 0 Å². The SMILES string of the molecule is C[NH+](C)CCN1C(=O)C(=O)/C(=C(/[O-])c2ccc(OCc3ccccc3)cc2)C1c1ccc(Cl)cc1. The maximum Gasteiger partial charge on any atom is 0.295 e. The Morgan fingerprint density at radius 1 is 0.971 bits per heavy atom. The number of nitrogens with one attached hydrogen (secondary N) is 1. The summed E-state index contributed by atoms with van der Waals surface area (Å²) in [6, 6.07) is 22.5. The van der Waals surface area contributed by atoms with Gasteiger partial charge in [-0.05, 0) is 41.0 Å². The topological polar surface area (TPSA) is 74.1 Å². The predicted molar refractivity (Wildman–Crippen MR) is 133 cm³/mol. The van der Waals surface area contributed by atoms with Gasteiger partial charge in [0, 0.05) is 10.6 Å². The lowest BCUT2D eigenvalue weighted by atomic mass is 9.95. The van der Waals surface area contributed by atoms with E-state index in [-0.39, 0.29) is 5.57 Å². The zero-order valence-corrected chi connectivity index (χ0v) is 20.4. The lowest BCUT2D eigenvalue weighted by Gasteiger charge is -2.27. The Morgan fingerprint density at radius 3 is 2.26 bits per heavy atom. The molecule has 1 N–H and O–H groups in total. The summed E-state index contributed by atoms with van der Waals surface area (Å²) in [7, 11) is 3.94. The Hall–Kier alpha value is -3.61. The van der Waals surface area contributed by atoms with Crippen LogP contribution in [0.25, 0.3) is 5.76 Å². The molecule has 1 fully saturated rings. The fourth-order valence-electron chi connectivity index (χ4n) is 4.04. The summed E-state index contributed by atoms with van der Waals surface area (Å²) in [5.41, 5.74) is 1.99. The Labute approximate surface area is 210 Å². The van der Waals surface area contributed by atoms with E-state index in [1.165, 1.54) is 4.90 Å². The maximum atomic E-state index is 13.5. The first-order chi connectivity index (χ1) is 16.8. The molecule has 0 aliphatic carbocycles. The van der Waals surface area contributed by atoms with E-state index in [0.29, 0.717) is 41.6 Å². The van der Waals surface area contributed by atoms with Crippen molar-refractivity contribution in [2.45, 2.75) is 12.6 Å². The third-order valence-electron chi connectivity index (χ3n) is 5.93. The monoisotopic (exact) mass is 490 g/mol. The van der Waals surface area contributed by atoms with Crippen molar-refractivity contribution in [1.29, 1.82) is 0 Å². The molecular weight excluding hydrogens is 464 g/mol. The standard InChI is InChI=1S/C28H27ClN2O4/c1-30(2)16-17-31-25(20-8-12-22(29)13-9-20)24(27(33)28(31)34)26(32)21-10-14-23(15-11-21)35-18-19-6-4-3-5-7-19/h3-15,25,32H,16-18H2,1-2H3/b26-24+. The number of amides is 1. The number of carbonyl (C=O) groups excluding carboxylic acids is 2. The van der Waals surface area contributed by atoms with Gasteiger partial charge in [-0.25, -0.2) is 0 Å². The van der Waals surface area contributed by atoms with Gasteiger partial charge in [-0.3, -0.25) is 9.59 Å². The van der Waals surface area contributed by atoms with Crippen molar-refractivity contribution >= 4 is 29.1 Å². The number of likely N-dealkylation sites (N-methyl/N-ethyl adjacent to an activating group) is 1. The van der Waals surface area contributed by atoms with Crippen LogP contribution in [0.15, 0.2) is 84.4 Å². The molecule has 0 aromatic heterocycles. The zero-order valence-electron chi connectivity index (χ0n) is 19.7. The molecule has 1 atom stereocenters. The molecule has 0 radical (unpaired) electrons. The molecule has 1 saturated heterocycles. The number of ether oxygens (including phenoxy) is 1. The van der Waals surface area contributed by atoms with Gasteiger partial charge in [-0.15, -0.1) is 0 Å². The zero-order chi connectivity index (χ0) is 24.9. The fraction of sp³-hybridized carbons (Fsp3) is 0.214. The summed E-state index contributed by atoms with van der Waals surface area (Å²) in [4.78, 5) is 28.6. The van der Waals surface area contributed by atoms with Gasteiger partial charge in [-0.1, -0.05) is 72.0 Å². The molecule has 0 saturated carbocycles. The predicted octanol–water partition coefficient (Wildman–Crippen LogP) is 2.29. The molecule has 7 heteroatoms. The largest absolute Gasteiger partial charge is 0.872 e. The first kappa shape index (κ1) is 24.5. The molecule has 3 aromatic rings. The summed E-state index contributed by atoms with van der Waals surface area (Å²) in [6.45, 7) is 1.39. The van der Waals surface area contributed by atoms with E-state index in [2.05, 4.69) is 0 Å². The number of carbonyl (C=O) groups is 2. The van der Waals surface area contributed by atoms with Crippen LogP contribution in [0.2, 0.25) is 5.02 Å². The average molecular weight is 491 g/mol. The first-order valence-electron chi connectivity index (χ1n) is 11.4. The van der Waals surface area contributed by atoms with Crippen molar-refractivity contribution in [2.24, 2.45) is 0 Å². The number of halogens is 1. The van der Waals surface area contributed by atoms with Crippen molar-refractivity contribution in [1.82, 2.24) is 4.90 Å². The van der Waals surface area contributed by atoms with E-state index in [1.807, 2.05) is 44.4 Å². The summed E-state index contributed by atoms with van der Waals surface area (Å²) in [5, 5.41) is 14.1. The Balaban J connectivity index is 1.65. The quantitative estimate of drug-likeness (QED) is 0.299. The van der Waals surface area contributed by atoms with Gasteiger partial charge in [0.05, 0.1) is 33.2 Å². The van der Waals surface area contributed by atoms with Gasteiger partial charge in [0.25, 0.3) is 5.91 Å². The number of benzene rings is 3. The maximum absolute atomic E-state index is 13.5. The Bertz CT molecular complexity index is 1220. The molecule has 0 bridgehead atoms. The molecule has 1 amide bonds. The number of rotatable bonds is 8. The molecule has 35 heavy (non-hydrogen) atoms. The van der Waals surface area contributed by atoms with Gasteiger partial charge in [0.1, 0.15) is 12.4 Å². The van der Waals surface area contributed by atoms with Gasteiger partial charge in [-0.2, -0.15) is 0 Å². The van der Waals surface area contributed by atoms with E-state index in [0.717, 1.165) is 10.5 Å². The highest BCUT2D eigenvalue weighted by Crippen LogP contribution is 2.38. The molecule has 1 unspecified atom stereocenters. The van der Waals surface area contributed by atoms with E-state index >= 15 is 0 Å². The molecular formula is C28H27ClN2O4. The van der Waals surface area contributed by atoms with Gasteiger partial charge < -0.3 is 19.6 Å². The van der Waals surface area contributed by atoms with Crippen molar-refractivity contribution in [3.8, 4) is 5.75 Å². The van der Waals surface area contributed by atoms with Crippen LogP contribution in [-0.2, 0) is 16.2 Å². The molecule has 1 aliphatic rings. The smallest absolute Gasteiger partial charge is 0.295 e. The van der Waals surface area contributed by atoms with Crippen LogP contribution in [0.5, 0.6) is 5.75 Å². The van der Waals surface area contributed by atoms with E-state index in [9.17, 15) is 14.7 Å². The van der Waals surface area contributed by atoms with E-state index in [4.69, 9.17) is 16.3 Å². The third-order valence-corrected chi connectivity index (χ3v) is 6.18. The van der Waals surface area contributed by atoms with Crippen LogP contribution in [0.3, 0.4) is 0 Å².